The number of halogens is 1. The highest BCUT2D eigenvalue weighted by molar-refractivity contribution is 6.31. The molecule has 4 rings (SSSR count). The Morgan fingerprint density at radius 1 is 1.03 bits per heavy atom. The Morgan fingerprint density at radius 2 is 1.76 bits per heavy atom. The van der Waals surface area contributed by atoms with Gasteiger partial charge in [0.2, 0.25) is 0 Å². The number of hydrogen-bond donors (Lipinski definition) is 1. The van der Waals surface area contributed by atoms with Gasteiger partial charge >= 0.3 is 0 Å². The maximum absolute atomic E-state index is 12.8. The molecule has 6 nitrogen and oxygen atoms in total. The number of amides is 1. The fourth-order valence-corrected chi connectivity index (χ4v) is 4.29. The van der Waals surface area contributed by atoms with Crippen LogP contribution >= 0.6 is 11.6 Å². The number of nitrogens with zero attached hydrogens (tertiary/aromatic N) is 3. The molecule has 0 unspecified atom stereocenters. The molecule has 0 aliphatic carbocycles. The van der Waals surface area contributed by atoms with Crippen molar-refractivity contribution in [1.82, 2.24) is 4.57 Å². The summed E-state index contributed by atoms with van der Waals surface area (Å²) < 4.78 is 7.94. The summed E-state index contributed by atoms with van der Waals surface area (Å²) in [6.45, 7) is 6.08. The first-order valence-electron chi connectivity index (χ1n) is 11.9. The van der Waals surface area contributed by atoms with Crippen molar-refractivity contribution in [1.29, 1.82) is 10.5 Å². The molecule has 0 radical (unpaired) electrons. The molecule has 38 heavy (non-hydrogen) atoms. The zero-order chi connectivity index (χ0) is 27.2. The molecule has 0 spiro atoms. The van der Waals surface area contributed by atoms with E-state index in [0.717, 1.165) is 33.8 Å². The Hall–Kier alpha value is -4.78. The van der Waals surface area contributed by atoms with Gasteiger partial charge < -0.3 is 14.6 Å². The van der Waals surface area contributed by atoms with Gasteiger partial charge in [-0.25, -0.2) is 0 Å². The number of nitriles is 2. The van der Waals surface area contributed by atoms with Crippen LogP contribution in [0.2, 0.25) is 5.02 Å². The fraction of sp³-hybridized carbons (Fsp3) is 0.129. The quantitative estimate of drug-likeness (QED) is 0.209. The molecular weight excluding hydrogens is 496 g/mol. The normalized spacial score (nSPS) is 10.9. The van der Waals surface area contributed by atoms with Crippen LogP contribution in [0, 0.1) is 43.4 Å². The molecule has 1 N–H and O–H groups in total. The van der Waals surface area contributed by atoms with Crippen LogP contribution in [0.15, 0.2) is 78.4 Å². The van der Waals surface area contributed by atoms with E-state index >= 15 is 0 Å². The summed E-state index contributed by atoms with van der Waals surface area (Å²) in [4.78, 5) is 12.8. The number of benzene rings is 3. The van der Waals surface area contributed by atoms with Gasteiger partial charge in [0.25, 0.3) is 5.91 Å². The number of carbonyl (C=O) groups is 1. The molecule has 7 heteroatoms. The molecule has 4 aromatic rings. The van der Waals surface area contributed by atoms with Crippen LogP contribution in [0.5, 0.6) is 5.75 Å². The molecule has 0 saturated heterocycles. The number of carbonyl (C=O) groups excluding carboxylic acids is 1. The smallest absolute Gasteiger partial charge is 0.266 e. The first-order chi connectivity index (χ1) is 18.3. The van der Waals surface area contributed by atoms with Gasteiger partial charge in [0.05, 0.1) is 11.6 Å². The zero-order valence-corrected chi connectivity index (χ0v) is 22.0. The molecule has 0 saturated carbocycles. The highest BCUT2D eigenvalue weighted by Crippen LogP contribution is 2.26. The van der Waals surface area contributed by atoms with Crippen LogP contribution in [0.3, 0.4) is 0 Å². The van der Waals surface area contributed by atoms with Crippen molar-refractivity contribution in [3.8, 4) is 23.6 Å². The van der Waals surface area contributed by atoms with Crippen molar-refractivity contribution < 1.29 is 9.53 Å². The molecule has 1 heterocycles. The van der Waals surface area contributed by atoms with Gasteiger partial charge in [0.15, 0.2) is 0 Å². The summed E-state index contributed by atoms with van der Waals surface area (Å²) in [6.07, 6.45) is 1.59. The van der Waals surface area contributed by atoms with Gasteiger partial charge in [-0.1, -0.05) is 35.9 Å². The fourth-order valence-electron chi connectivity index (χ4n) is 4.11. The molecule has 0 bridgehead atoms. The predicted molar refractivity (Wildman–Crippen MR) is 149 cm³/mol. The lowest BCUT2D eigenvalue weighted by Crippen LogP contribution is -2.13. The maximum atomic E-state index is 12.8. The topological polar surface area (TPSA) is 90.8 Å². The summed E-state index contributed by atoms with van der Waals surface area (Å²) in [6, 6.07) is 26.3. The van der Waals surface area contributed by atoms with E-state index in [-0.39, 0.29) is 5.57 Å². The second-order valence-electron chi connectivity index (χ2n) is 8.80. The van der Waals surface area contributed by atoms with Gasteiger partial charge in [0, 0.05) is 33.3 Å². The summed E-state index contributed by atoms with van der Waals surface area (Å²) in [5.41, 5.74) is 6.36. The Morgan fingerprint density at radius 3 is 2.45 bits per heavy atom. The number of rotatable bonds is 7. The molecule has 0 aliphatic heterocycles. The van der Waals surface area contributed by atoms with E-state index in [1.54, 1.807) is 24.3 Å². The van der Waals surface area contributed by atoms with Crippen molar-refractivity contribution in [2.24, 2.45) is 0 Å². The third-order valence-electron chi connectivity index (χ3n) is 6.19. The molecule has 0 atom stereocenters. The second-order valence-corrected chi connectivity index (χ2v) is 9.21. The van der Waals surface area contributed by atoms with E-state index in [1.807, 2.05) is 86.0 Å². The average Bonchev–Trinajstić information content (AvgIpc) is 3.20. The molecule has 3 aromatic carbocycles. The monoisotopic (exact) mass is 520 g/mol. The van der Waals surface area contributed by atoms with Gasteiger partial charge in [-0.15, -0.1) is 0 Å². The van der Waals surface area contributed by atoms with Gasteiger partial charge in [-0.05, 0) is 86.5 Å². The third-order valence-corrected chi connectivity index (χ3v) is 6.60. The molecule has 1 amide bonds. The van der Waals surface area contributed by atoms with E-state index < -0.39 is 5.91 Å². The van der Waals surface area contributed by atoms with Gasteiger partial charge in [-0.3, -0.25) is 4.79 Å². The summed E-state index contributed by atoms with van der Waals surface area (Å²) >= 11 is 6.15. The standard InChI is InChI=1S/C31H25ClN4O2/c1-20-8-9-27(16-30(20)32)35-31(37)26(18-34)15-25-14-21(2)36(22(25)3)28-10-12-29(13-11-28)38-19-24-7-5-4-6-23(24)17-33/h4-16H,19H2,1-3H3,(H,35,37)/b26-15-. The van der Waals surface area contributed by atoms with Crippen LogP contribution in [-0.2, 0) is 11.4 Å². The molecule has 0 aliphatic rings. The lowest BCUT2D eigenvalue weighted by atomic mass is 10.1. The number of hydrogen-bond acceptors (Lipinski definition) is 4. The zero-order valence-electron chi connectivity index (χ0n) is 21.2. The summed E-state index contributed by atoms with van der Waals surface area (Å²) in [5.74, 6) is 0.181. The van der Waals surface area contributed by atoms with Crippen molar-refractivity contribution in [2.75, 3.05) is 5.32 Å². The first kappa shape index (κ1) is 26.3. The number of anilines is 1. The highest BCUT2D eigenvalue weighted by Gasteiger charge is 2.15. The summed E-state index contributed by atoms with van der Waals surface area (Å²) in [5, 5.41) is 22.2. The number of nitrogens with one attached hydrogen (secondary N) is 1. The first-order valence-corrected chi connectivity index (χ1v) is 12.3. The van der Waals surface area contributed by atoms with Crippen molar-refractivity contribution in [3.63, 3.8) is 0 Å². The summed E-state index contributed by atoms with van der Waals surface area (Å²) in [7, 11) is 0. The van der Waals surface area contributed by atoms with Crippen molar-refractivity contribution >= 4 is 29.3 Å². The van der Waals surface area contributed by atoms with E-state index in [1.165, 1.54) is 0 Å². The Balaban J connectivity index is 1.52. The minimum atomic E-state index is -0.503. The van der Waals surface area contributed by atoms with Gasteiger partial charge in [-0.2, -0.15) is 10.5 Å². The van der Waals surface area contributed by atoms with Crippen LogP contribution < -0.4 is 10.1 Å². The predicted octanol–water partition coefficient (Wildman–Crippen LogP) is 7.05. The maximum Gasteiger partial charge on any atom is 0.266 e. The Labute approximate surface area is 227 Å². The van der Waals surface area contributed by atoms with Gasteiger partial charge in [0.1, 0.15) is 24.0 Å². The number of ether oxygens (including phenoxy) is 1. The SMILES string of the molecule is Cc1ccc(NC(=O)/C(C#N)=C\c2cc(C)n(-c3ccc(OCc4ccccc4C#N)cc3)c2C)cc1Cl. The lowest BCUT2D eigenvalue weighted by Gasteiger charge is -2.12. The molecular formula is C31H25ClN4O2. The van der Waals surface area contributed by atoms with Crippen molar-refractivity contribution in [2.45, 2.75) is 27.4 Å². The van der Waals surface area contributed by atoms with Crippen LogP contribution in [0.1, 0.15) is 33.6 Å². The van der Waals surface area contributed by atoms with E-state index in [9.17, 15) is 15.3 Å². The third kappa shape index (κ3) is 5.78. The second kappa shape index (κ2) is 11.5. The highest BCUT2D eigenvalue weighted by atomic mass is 35.5. The lowest BCUT2D eigenvalue weighted by molar-refractivity contribution is -0.112. The van der Waals surface area contributed by atoms with Crippen molar-refractivity contribution in [3.05, 3.63) is 117 Å². The Bertz CT molecular complexity index is 1620. The van der Waals surface area contributed by atoms with Crippen LogP contribution in [0.4, 0.5) is 5.69 Å². The average molecular weight is 521 g/mol. The largest absolute Gasteiger partial charge is 0.489 e. The van der Waals surface area contributed by atoms with E-state index in [2.05, 4.69) is 11.4 Å². The van der Waals surface area contributed by atoms with E-state index in [0.29, 0.717) is 28.6 Å². The minimum absolute atomic E-state index is 0.0108. The molecule has 1 aromatic heterocycles. The molecule has 0 fully saturated rings. The van der Waals surface area contributed by atoms with E-state index in [4.69, 9.17) is 16.3 Å². The number of aromatic nitrogens is 1. The Kier molecular flexibility index (Phi) is 7.97. The van der Waals surface area contributed by atoms with Crippen LogP contribution in [0.25, 0.3) is 11.8 Å². The number of aryl methyl sites for hydroxylation is 2. The minimum Gasteiger partial charge on any atom is -0.489 e. The molecule has 188 valence electrons. The van der Waals surface area contributed by atoms with Crippen LogP contribution in [-0.4, -0.2) is 10.5 Å².